The number of pyridine rings is 1. The van der Waals surface area contributed by atoms with Crippen molar-refractivity contribution in [2.45, 2.75) is 26.4 Å². The number of nitrogens with two attached hydrogens (primary N) is 1. The Hall–Kier alpha value is -3.02. The van der Waals surface area contributed by atoms with Gasteiger partial charge in [-0.2, -0.15) is 5.10 Å². The summed E-state index contributed by atoms with van der Waals surface area (Å²) in [6.07, 6.45) is 1.69. The summed E-state index contributed by atoms with van der Waals surface area (Å²) in [4.78, 5) is 28.0. The summed E-state index contributed by atoms with van der Waals surface area (Å²) in [6.45, 7) is 7.29. The lowest BCUT2D eigenvalue weighted by Gasteiger charge is -2.27. The lowest BCUT2D eigenvalue weighted by atomic mass is 9.99. The largest absolute Gasteiger partial charge is 0.378 e. The van der Waals surface area contributed by atoms with Crippen LogP contribution in [0.2, 0.25) is 5.02 Å². The maximum absolute atomic E-state index is 13.9. The quantitative estimate of drug-likeness (QED) is 0.330. The molecule has 0 spiro atoms. The van der Waals surface area contributed by atoms with E-state index >= 15 is 0 Å². The average molecular weight is 544 g/mol. The first kappa shape index (κ1) is 28.0. The summed E-state index contributed by atoms with van der Waals surface area (Å²) >= 11 is 6.16. The Kier molecular flexibility index (Phi) is 9.35. The smallest absolute Gasteiger partial charge is 0.277 e. The van der Waals surface area contributed by atoms with Crippen LogP contribution in [0.15, 0.2) is 41.3 Å². The fourth-order valence-electron chi connectivity index (χ4n) is 4.66. The number of halogens is 1. The minimum Gasteiger partial charge on any atom is -0.378 e. The van der Waals surface area contributed by atoms with Gasteiger partial charge >= 0.3 is 0 Å². The van der Waals surface area contributed by atoms with Crippen LogP contribution in [0.1, 0.15) is 38.9 Å². The normalized spacial score (nSPS) is 14.9. The van der Waals surface area contributed by atoms with Crippen LogP contribution in [0.4, 0.5) is 5.69 Å². The number of rotatable bonds is 13. The number of nitrogens with zero attached hydrogens (tertiary/aromatic N) is 4. The molecule has 2 aromatic heterocycles. The predicted octanol–water partition coefficient (Wildman–Crippen LogP) is 2.61. The molecule has 4 rings (SSSR count). The van der Waals surface area contributed by atoms with Crippen LogP contribution in [-0.4, -0.2) is 66.4 Å². The Morgan fingerprint density at radius 1 is 0.974 bits per heavy atom. The van der Waals surface area contributed by atoms with Gasteiger partial charge in [-0.15, -0.1) is 0 Å². The molecule has 38 heavy (non-hydrogen) atoms. The van der Waals surface area contributed by atoms with Crippen LogP contribution < -0.4 is 16.2 Å². The third kappa shape index (κ3) is 6.00. The minimum absolute atomic E-state index is 0.104. The lowest BCUT2D eigenvalue weighted by Crippen LogP contribution is -2.32. The van der Waals surface area contributed by atoms with E-state index in [1.165, 1.54) is 4.57 Å². The molecule has 0 radical (unpaired) electrons. The maximum atomic E-state index is 13.9. The van der Waals surface area contributed by atoms with E-state index in [0.717, 1.165) is 16.8 Å². The Morgan fingerprint density at radius 2 is 1.61 bits per heavy atom. The molecule has 1 atom stereocenters. The molecule has 1 aromatic carbocycles. The zero-order chi connectivity index (χ0) is 27.2. The monoisotopic (exact) mass is 543 g/mol. The fourth-order valence-corrected chi connectivity index (χ4v) is 4.79. The van der Waals surface area contributed by atoms with Crippen LogP contribution in [0.25, 0.3) is 0 Å². The van der Waals surface area contributed by atoms with Crippen molar-refractivity contribution >= 4 is 23.2 Å². The molecule has 2 N–H and O–H groups in total. The van der Waals surface area contributed by atoms with Gasteiger partial charge in [0.1, 0.15) is 5.69 Å². The molecule has 0 saturated carbocycles. The molecule has 1 amide bonds. The molecule has 0 unspecified atom stereocenters. The number of amides is 1. The number of aromatic nitrogens is 3. The number of carbonyl (C=O) groups excluding carboxylic acids is 1. The number of aryl methyl sites for hydroxylation is 3. The summed E-state index contributed by atoms with van der Waals surface area (Å²) in [5, 5.41) is 5.29. The predicted molar refractivity (Wildman–Crippen MR) is 145 cm³/mol. The van der Waals surface area contributed by atoms with Crippen LogP contribution in [-0.2, 0) is 27.8 Å². The van der Waals surface area contributed by atoms with Gasteiger partial charge in [-0.25, -0.2) is 0 Å². The van der Waals surface area contributed by atoms with Crippen molar-refractivity contribution < 1.29 is 19.0 Å². The van der Waals surface area contributed by atoms with Gasteiger partial charge in [-0.3, -0.25) is 19.2 Å². The third-order valence-electron chi connectivity index (χ3n) is 6.39. The molecule has 0 saturated heterocycles. The van der Waals surface area contributed by atoms with E-state index < -0.39 is 6.04 Å². The maximum Gasteiger partial charge on any atom is 0.277 e. The Labute approximate surface area is 226 Å². The number of anilines is 1. The van der Waals surface area contributed by atoms with Crippen LogP contribution in [0, 0.1) is 13.8 Å². The topological polar surface area (TPSA) is 114 Å². The van der Waals surface area contributed by atoms with Crippen molar-refractivity contribution in [2.75, 3.05) is 51.1 Å². The summed E-state index contributed by atoms with van der Waals surface area (Å²) < 4.78 is 19.7. The van der Waals surface area contributed by atoms with Gasteiger partial charge in [-0.05, 0) is 37.6 Å². The second-order valence-corrected chi connectivity index (χ2v) is 9.56. The lowest BCUT2D eigenvalue weighted by molar-refractivity contribution is 0.0141. The van der Waals surface area contributed by atoms with Crippen LogP contribution in [0.5, 0.6) is 0 Å². The van der Waals surface area contributed by atoms with Crippen molar-refractivity contribution in [2.24, 2.45) is 12.8 Å². The number of carbonyl (C=O) groups is 1. The molecule has 11 heteroatoms. The van der Waals surface area contributed by atoms with E-state index in [1.54, 1.807) is 35.8 Å². The van der Waals surface area contributed by atoms with Gasteiger partial charge in [-0.1, -0.05) is 23.7 Å². The van der Waals surface area contributed by atoms with E-state index in [4.69, 9.17) is 31.5 Å². The Morgan fingerprint density at radius 3 is 2.24 bits per heavy atom. The molecule has 3 aromatic rings. The Balaban J connectivity index is 1.53. The molecule has 0 fully saturated rings. The number of hydrogen-bond donors (Lipinski definition) is 1. The van der Waals surface area contributed by atoms with Crippen LogP contribution in [0.3, 0.4) is 0 Å². The number of benzene rings is 1. The standard InChI is InChI=1S/C27H34ClN5O5/c1-18-16-22(17-31(3)26(18)34)33-24(20-4-6-21(28)7-5-20)23-19(2)30-32(25(23)27(33)35)9-11-37-13-15-38-14-12-36-10-8-29/h4-7,16-17,24H,8-15,29H2,1-3H3/t24-/m1/s1. The second-order valence-electron chi connectivity index (χ2n) is 9.12. The van der Waals surface area contributed by atoms with Gasteiger partial charge in [0.2, 0.25) is 0 Å². The van der Waals surface area contributed by atoms with Crippen molar-refractivity contribution in [3.8, 4) is 0 Å². The molecule has 1 aliphatic rings. The van der Waals surface area contributed by atoms with Gasteiger partial charge in [0, 0.05) is 35.9 Å². The van der Waals surface area contributed by atoms with Gasteiger partial charge in [0.15, 0.2) is 0 Å². The molecule has 10 nitrogen and oxygen atoms in total. The highest BCUT2D eigenvalue weighted by molar-refractivity contribution is 6.30. The van der Waals surface area contributed by atoms with Crippen molar-refractivity contribution in [3.05, 3.63) is 80.0 Å². The first-order chi connectivity index (χ1) is 18.3. The molecular formula is C27H34ClN5O5. The molecule has 0 bridgehead atoms. The highest BCUT2D eigenvalue weighted by Gasteiger charge is 2.43. The summed E-state index contributed by atoms with van der Waals surface area (Å²) in [5.74, 6) is -0.181. The third-order valence-corrected chi connectivity index (χ3v) is 6.64. The molecule has 204 valence electrons. The molecule has 0 aliphatic carbocycles. The number of ether oxygens (including phenoxy) is 3. The van der Waals surface area contributed by atoms with E-state index in [0.29, 0.717) is 74.7 Å². The van der Waals surface area contributed by atoms with Gasteiger partial charge in [0.25, 0.3) is 11.5 Å². The number of hydrogen-bond acceptors (Lipinski definition) is 7. The van der Waals surface area contributed by atoms with Crippen molar-refractivity contribution in [3.63, 3.8) is 0 Å². The van der Waals surface area contributed by atoms with E-state index in [-0.39, 0.29) is 11.5 Å². The highest BCUT2D eigenvalue weighted by atomic mass is 35.5. The Bertz CT molecular complexity index is 1290. The fraction of sp³-hybridized carbons (Fsp3) is 0.444. The van der Waals surface area contributed by atoms with E-state index in [2.05, 4.69) is 5.10 Å². The van der Waals surface area contributed by atoms with Crippen molar-refractivity contribution in [1.29, 1.82) is 0 Å². The SMILES string of the molecule is Cc1nn(CCOCCOCCOCCN)c2c1[C@@H](c1ccc(Cl)cc1)N(c1cc(C)c(=O)n(C)c1)C2=O. The van der Waals surface area contributed by atoms with Crippen LogP contribution >= 0.6 is 11.6 Å². The molecule has 1 aliphatic heterocycles. The minimum atomic E-state index is -0.406. The first-order valence-corrected chi connectivity index (χ1v) is 13.0. The van der Waals surface area contributed by atoms with Gasteiger partial charge in [0.05, 0.1) is 63.6 Å². The second kappa shape index (κ2) is 12.7. The zero-order valence-electron chi connectivity index (χ0n) is 22.0. The van der Waals surface area contributed by atoms with E-state index in [9.17, 15) is 9.59 Å². The first-order valence-electron chi connectivity index (χ1n) is 12.6. The average Bonchev–Trinajstić information content (AvgIpc) is 3.38. The zero-order valence-corrected chi connectivity index (χ0v) is 22.7. The van der Waals surface area contributed by atoms with E-state index in [1.807, 2.05) is 31.2 Å². The van der Waals surface area contributed by atoms with Gasteiger partial charge < -0.3 is 24.5 Å². The number of fused-ring (bicyclic) bond motifs is 1. The summed E-state index contributed by atoms with van der Waals surface area (Å²) in [5.41, 5.74) is 9.49. The summed E-state index contributed by atoms with van der Waals surface area (Å²) in [6, 6.07) is 8.80. The highest BCUT2D eigenvalue weighted by Crippen LogP contribution is 2.43. The molecule has 3 heterocycles. The molecular weight excluding hydrogens is 510 g/mol. The van der Waals surface area contributed by atoms with Crippen molar-refractivity contribution in [1.82, 2.24) is 14.3 Å². The summed E-state index contributed by atoms with van der Waals surface area (Å²) in [7, 11) is 1.69.